The second kappa shape index (κ2) is 10.9. The summed E-state index contributed by atoms with van der Waals surface area (Å²) >= 11 is 0. The minimum atomic E-state index is -0.223. The molecule has 1 atom stereocenters. The van der Waals surface area contributed by atoms with Crippen LogP contribution < -0.4 is 11.1 Å². The van der Waals surface area contributed by atoms with Crippen LogP contribution in [0.4, 0.5) is 4.39 Å². The Kier molecular flexibility index (Phi) is 8.51. The van der Waals surface area contributed by atoms with Crippen molar-refractivity contribution in [3.8, 4) is 0 Å². The van der Waals surface area contributed by atoms with Crippen molar-refractivity contribution >= 4 is 11.9 Å². The van der Waals surface area contributed by atoms with E-state index in [-0.39, 0.29) is 17.6 Å². The lowest BCUT2D eigenvalue weighted by Gasteiger charge is -2.30. The Bertz CT molecular complexity index is 637. The number of nitrogens with two attached hydrogens (primary N) is 1. The van der Waals surface area contributed by atoms with Gasteiger partial charge >= 0.3 is 0 Å². The number of rotatable bonds is 8. The van der Waals surface area contributed by atoms with E-state index in [1.807, 2.05) is 24.9 Å². The van der Waals surface area contributed by atoms with Crippen molar-refractivity contribution in [2.75, 3.05) is 39.8 Å². The zero-order valence-corrected chi connectivity index (χ0v) is 16.5. The summed E-state index contributed by atoms with van der Waals surface area (Å²) in [5.41, 5.74) is 6.35. The van der Waals surface area contributed by atoms with Crippen LogP contribution in [0.3, 0.4) is 0 Å². The number of hydrogen-bond donors (Lipinski definition) is 2. The van der Waals surface area contributed by atoms with Gasteiger partial charge in [-0.05, 0) is 57.0 Å². The topological polar surface area (TPSA) is 74.0 Å². The molecule has 0 spiro atoms. The number of nitrogens with one attached hydrogen (secondary N) is 1. The van der Waals surface area contributed by atoms with Gasteiger partial charge in [0.2, 0.25) is 5.91 Å². The molecule has 27 heavy (non-hydrogen) atoms. The maximum Gasteiger partial charge on any atom is 0.221 e. The summed E-state index contributed by atoms with van der Waals surface area (Å²) in [7, 11) is 1.95. The Morgan fingerprint density at radius 1 is 1.48 bits per heavy atom. The van der Waals surface area contributed by atoms with Gasteiger partial charge in [0.15, 0.2) is 5.96 Å². The summed E-state index contributed by atoms with van der Waals surface area (Å²) in [5, 5.41) is 3.29. The van der Waals surface area contributed by atoms with Crippen molar-refractivity contribution in [1.82, 2.24) is 15.1 Å². The number of piperidine rings is 1. The molecule has 0 aliphatic carbocycles. The van der Waals surface area contributed by atoms with E-state index in [2.05, 4.69) is 15.2 Å². The number of benzene rings is 1. The zero-order chi connectivity index (χ0) is 19.6. The van der Waals surface area contributed by atoms with E-state index in [4.69, 9.17) is 5.73 Å². The number of primary amides is 1. The number of guanidine groups is 1. The van der Waals surface area contributed by atoms with Crippen molar-refractivity contribution in [3.63, 3.8) is 0 Å². The molecule has 1 aromatic rings. The number of hydrogen-bond acceptors (Lipinski definition) is 3. The van der Waals surface area contributed by atoms with Gasteiger partial charge in [-0.3, -0.25) is 9.79 Å². The Hall–Kier alpha value is -2.15. The average molecular weight is 378 g/mol. The molecular weight excluding hydrogens is 345 g/mol. The highest BCUT2D eigenvalue weighted by atomic mass is 19.1. The van der Waals surface area contributed by atoms with Gasteiger partial charge in [-0.1, -0.05) is 12.1 Å². The highest BCUT2D eigenvalue weighted by Crippen LogP contribution is 2.16. The molecule has 0 bridgehead atoms. The fourth-order valence-corrected chi connectivity index (χ4v) is 3.42. The first-order valence-electron chi connectivity index (χ1n) is 9.75. The smallest absolute Gasteiger partial charge is 0.221 e. The lowest BCUT2D eigenvalue weighted by Crippen LogP contribution is -2.41. The maximum absolute atomic E-state index is 13.4. The van der Waals surface area contributed by atoms with Crippen LogP contribution in [-0.4, -0.2) is 61.4 Å². The molecule has 1 aromatic carbocycles. The van der Waals surface area contributed by atoms with Crippen LogP contribution in [0, 0.1) is 11.7 Å². The first-order valence-corrected chi connectivity index (χ1v) is 9.75. The van der Waals surface area contributed by atoms with Crippen LogP contribution in [0.1, 0.15) is 31.7 Å². The number of carbonyl (C=O) groups excluding carboxylic acids is 1. The summed E-state index contributed by atoms with van der Waals surface area (Å²) in [6.45, 7) is 6.80. The number of carbonyl (C=O) groups is 1. The minimum Gasteiger partial charge on any atom is -0.369 e. The van der Waals surface area contributed by atoms with Crippen LogP contribution in [-0.2, 0) is 11.3 Å². The Morgan fingerprint density at radius 3 is 3.00 bits per heavy atom. The molecule has 150 valence electrons. The Morgan fingerprint density at radius 2 is 2.30 bits per heavy atom. The molecule has 0 aromatic heterocycles. The summed E-state index contributed by atoms with van der Waals surface area (Å²) in [5.74, 6) is 0.386. The third kappa shape index (κ3) is 7.17. The van der Waals surface area contributed by atoms with E-state index in [0.29, 0.717) is 13.1 Å². The van der Waals surface area contributed by atoms with E-state index in [0.717, 1.165) is 57.0 Å². The molecule has 6 nitrogen and oxygen atoms in total. The van der Waals surface area contributed by atoms with Gasteiger partial charge < -0.3 is 20.9 Å². The molecule has 0 radical (unpaired) electrons. The number of likely N-dealkylation sites (tertiary alicyclic amines) is 1. The highest BCUT2D eigenvalue weighted by Gasteiger charge is 2.23. The zero-order valence-electron chi connectivity index (χ0n) is 16.5. The molecule has 1 aliphatic rings. The summed E-state index contributed by atoms with van der Waals surface area (Å²) in [6.07, 6.45) is 2.85. The Balaban J connectivity index is 1.82. The lowest BCUT2D eigenvalue weighted by atomic mass is 9.97. The van der Waals surface area contributed by atoms with Gasteiger partial charge in [0.05, 0.1) is 5.92 Å². The second-order valence-electron chi connectivity index (χ2n) is 7.12. The molecule has 3 N–H and O–H groups in total. The van der Waals surface area contributed by atoms with Crippen molar-refractivity contribution in [2.45, 2.75) is 32.7 Å². The number of halogens is 1. The van der Waals surface area contributed by atoms with Gasteiger partial charge in [-0.15, -0.1) is 0 Å². The van der Waals surface area contributed by atoms with Gasteiger partial charge in [0.1, 0.15) is 5.82 Å². The molecule has 1 heterocycles. The molecule has 1 unspecified atom stereocenters. The summed E-state index contributed by atoms with van der Waals surface area (Å²) in [6, 6.07) is 6.63. The Labute approximate surface area is 161 Å². The molecule has 2 rings (SSSR count). The van der Waals surface area contributed by atoms with Gasteiger partial charge in [-0.25, -0.2) is 4.39 Å². The highest BCUT2D eigenvalue weighted by molar-refractivity contribution is 5.79. The SMILES string of the molecule is CCNC(=NCCCN1CCCC(C(N)=O)C1)N(C)Cc1cccc(F)c1. The van der Waals surface area contributed by atoms with Crippen LogP contribution in [0.5, 0.6) is 0 Å². The number of amides is 1. The van der Waals surface area contributed by atoms with E-state index in [9.17, 15) is 9.18 Å². The molecule has 0 saturated carbocycles. The van der Waals surface area contributed by atoms with Crippen LogP contribution in [0.25, 0.3) is 0 Å². The van der Waals surface area contributed by atoms with E-state index >= 15 is 0 Å². The fraction of sp³-hybridized carbons (Fsp3) is 0.600. The monoisotopic (exact) mass is 377 g/mol. The minimum absolute atomic E-state index is 0.0167. The van der Waals surface area contributed by atoms with E-state index in [1.54, 1.807) is 12.1 Å². The quantitative estimate of drug-likeness (QED) is 0.412. The molecule has 1 amide bonds. The summed E-state index contributed by atoms with van der Waals surface area (Å²) < 4.78 is 13.4. The number of nitrogens with zero attached hydrogens (tertiary/aromatic N) is 3. The van der Waals surface area contributed by atoms with Crippen LogP contribution >= 0.6 is 0 Å². The molecular formula is C20H32FN5O. The molecule has 1 fully saturated rings. The normalized spacial score (nSPS) is 18.3. The molecule has 1 saturated heterocycles. The van der Waals surface area contributed by atoms with Gasteiger partial charge in [0.25, 0.3) is 0 Å². The average Bonchev–Trinajstić information content (AvgIpc) is 2.64. The van der Waals surface area contributed by atoms with Crippen molar-refractivity contribution in [1.29, 1.82) is 0 Å². The van der Waals surface area contributed by atoms with Gasteiger partial charge in [0, 0.05) is 33.2 Å². The van der Waals surface area contributed by atoms with Crippen molar-refractivity contribution in [3.05, 3.63) is 35.6 Å². The molecule has 1 aliphatic heterocycles. The van der Waals surface area contributed by atoms with Crippen molar-refractivity contribution < 1.29 is 9.18 Å². The third-order valence-electron chi connectivity index (χ3n) is 4.81. The summed E-state index contributed by atoms with van der Waals surface area (Å²) in [4.78, 5) is 20.4. The van der Waals surface area contributed by atoms with Crippen LogP contribution in [0.2, 0.25) is 0 Å². The van der Waals surface area contributed by atoms with Crippen LogP contribution in [0.15, 0.2) is 29.3 Å². The maximum atomic E-state index is 13.4. The van der Waals surface area contributed by atoms with E-state index < -0.39 is 0 Å². The first kappa shape index (κ1) is 21.2. The predicted molar refractivity (Wildman–Crippen MR) is 107 cm³/mol. The van der Waals surface area contributed by atoms with E-state index in [1.165, 1.54) is 6.07 Å². The second-order valence-corrected chi connectivity index (χ2v) is 7.12. The standard InChI is InChI=1S/C20H32FN5O/c1-3-23-20(25(2)14-16-7-4-9-18(21)13-16)24-10-6-12-26-11-5-8-17(15-26)19(22)27/h4,7,9,13,17H,3,5-6,8,10-12,14-15H2,1-2H3,(H2,22,27)(H,23,24). The third-order valence-corrected chi connectivity index (χ3v) is 4.81. The predicted octanol–water partition coefficient (Wildman–Crippen LogP) is 1.81. The largest absolute Gasteiger partial charge is 0.369 e. The van der Waals surface area contributed by atoms with Crippen molar-refractivity contribution in [2.24, 2.45) is 16.6 Å². The first-order chi connectivity index (χ1) is 13.0. The number of aliphatic imine (C=N–C) groups is 1. The van der Waals surface area contributed by atoms with Gasteiger partial charge in [-0.2, -0.15) is 0 Å². The lowest BCUT2D eigenvalue weighted by molar-refractivity contribution is -0.123. The molecule has 7 heteroatoms. The fourth-order valence-electron chi connectivity index (χ4n) is 3.42.